The fourth-order valence-electron chi connectivity index (χ4n) is 3.28. The van der Waals surface area contributed by atoms with Crippen LogP contribution in [0.3, 0.4) is 0 Å². The van der Waals surface area contributed by atoms with Crippen molar-refractivity contribution in [2.45, 2.75) is 36.5 Å². The first-order chi connectivity index (χ1) is 15.5. The van der Waals surface area contributed by atoms with Crippen LogP contribution in [0.15, 0.2) is 27.9 Å². The van der Waals surface area contributed by atoms with E-state index in [9.17, 15) is 22.8 Å². The van der Waals surface area contributed by atoms with Crippen molar-refractivity contribution in [3.8, 4) is 0 Å². The summed E-state index contributed by atoms with van der Waals surface area (Å²) in [6, 6.07) is 3.90. The van der Waals surface area contributed by atoms with Crippen molar-refractivity contribution in [3.63, 3.8) is 0 Å². The molecule has 0 saturated carbocycles. The number of carbonyl (C=O) groups excluding carboxylic acids is 2. The number of hydrogen-bond donors (Lipinski definition) is 1. The van der Waals surface area contributed by atoms with Crippen LogP contribution in [-0.2, 0) is 33.5 Å². The third-order valence-corrected chi connectivity index (χ3v) is 7.16. The lowest BCUT2D eigenvalue weighted by atomic mass is 10.1. The Hall–Kier alpha value is -1.86. The number of amides is 2. The summed E-state index contributed by atoms with van der Waals surface area (Å²) in [7, 11) is 0. The number of halogens is 4. The number of hydrogen-bond acceptors (Lipinski definition) is 7. The number of nitrogens with zero attached hydrogens (tertiary/aromatic N) is 3. The molecular weight excluding hydrogens is 501 g/mol. The number of morpholine rings is 1. The van der Waals surface area contributed by atoms with Crippen LogP contribution in [0.2, 0.25) is 5.02 Å². The molecule has 2 amide bonds. The third kappa shape index (κ3) is 7.57. The monoisotopic (exact) mass is 522 g/mol. The number of nitrogens with two attached hydrogens (primary N) is 1. The summed E-state index contributed by atoms with van der Waals surface area (Å²) >= 11 is 8.16. The third-order valence-electron chi connectivity index (χ3n) is 4.76. The van der Waals surface area contributed by atoms with Crippen molar-refractivity contribution >= 4 is 46.7 Å². The molecular formula is C20H22ClF3N4O3S2. The second-order valence-corrected chi connectivity index (χ2v) is 9.99. The molecule has 3 rings (SSSR count). The van der Waals surface area contributed by atoms with Crippen molar-refractivity contribution in [2.24, 2.45) is 5.73 Å². The van der Waals surface area contributed by atoms with E-state index in [1.807, 2.05) is 4.90 Å². The minimum Gasteiger partial charge on any atom is -0.374 e. The Labute approximate surface area is 202 Å². The maximum absolute atomic E-state index is 13.1. The molecule has 1 aliphatic heterocycles. The lowest BCUT2D eigenvalue weighted by molar-refractivity contribution is -0.137. The van der Waals surface area contributed by atoms with E-state index in [0.717, 1.165) is 18.0 Å². The molecule has 2 heterocycles. The van der Waals surface area contributed by atoms with E-state index < -0.39 is 17.6 Å². The topological polar surface area (TPSA) is 88.8 Å². The molecule has 33 heavy (non-hydrogen) atoms. The zero-order valence-corrected chi connectivity index (χ0v) is 20.0. The van der Waals surface area contributed by atoms with Crippen LogP contribution < -0.4 is 5.73 Å². The molecule has 1 aliphatic rings. The molecule has 180 valence electrons. The first-order valence-corrected chi connectivity index (χ1v) is 11.9. The van der Waals surface area contributed by atoms with Gasteiger partial charge in [-0.3, -0.25) is 18.8 Å². The maximum Gasteiger partial charge on any atom is 0.417 e. The first-order valence-electron chi connectivity index (χ1n) is 9.89. The maximum atomic E-state index is 13.1. The molecule has 0 radical (unpaired) electrons. The number of carbonyl (C=O) groups is 2. The van der Waals surface area contributed by atoms with Crippen LogP contribution in [0.25, 0.3) is 0 Å². The van der Waals surface area contributed by atoms with Gasteiger partial charge in [0.15, 0.2) is 4.34 Å². The number of aromatic nitrogens is 1. The van der Waals surface area contributed by atoms with Gasteiger partial charge in [0.1, 0.15) is 0 Å². The number of primary amides is 1. The van der Waals surface area contributed by atoms with Gasteiger partial charge in [0.25, 0.3) is 0 Å². The first kappa shape index (κ1) is 25.8. The van der Waals surface area contributed by atoms with E-state index in [1.165, 1.54) is 28.6 Å². The minimum atomic E-state index is -4.52. The van der Waals surface area contributed by atoms with E-state index in [2.05, 4.69) is 4.98 Å². The Morgan fingerprint density at radius 1 is 1.42 bits per heavy atom. The van der Waals surface area contributed by atoms with Crippen molar-refractivity contribution in [2.75, 3.05) is 26.2 Å². The fourth-order valence-corrected chi connectivity index (χ4v) is 5.35. The van der Waals surface area contributed by atoms with Crippen LogP contribution in [0.4, 0.5) is 13.2 Å². The highest BCUT2D eigenvalue weighted by Gasteiger charge is 2.33. The van der Waals surface area contributed by atoms with E-state index in [0.29, 0.717) is 41.8 Å². The van der Waals surface area contributed by atoms with E-state index in [-0.39, 0.29) is 30.0 Å². The van der Waals surface area contributed by atoms with Gasteiger partial charge in [-0.25, -0.2) is 4.98 Å². The van der Waals surface area contributed by atoms with Crippen LogP contribution in [0.1, 0.15) is 23.7 Å². The second kappa shape index (κ2) is 11.0. The van der Waals surface area contributed by atoms with Crippen molar-refractivity contribution < 1.29 is 27.5 Å². The average Bonchev–Trinajstić information content (AvgIpc) is 3.14. The number of ether oxygens (including phenoxy) is 1. The van der Waals surface area contributed by atoms with Gasteiger partial charge in [-0.1, -0.05) is 17.7 Å². The molecule has 1 saturated heterocycles. The molecule has 0 aliphatic carbocycles. The van der Waals surface area contributed by atoms with E-state index >= 15 is 0 Å². The molecule has 2 N–H and O–H groups in total. The van der Waals surface area contributed by atoms with Crippen LogP contribution in [0.5, 0.6) is 0 Å². The van der Waals surface area contributed by atoms with Crippen molar-refractivity contribution in [1.82, 2.24) is 14.2 Å². The Morgan fingerprint density at radius 3 is 2.85 bits per heavy atom. The van der Waals surface area contributed by atoms with Crippen LogP contribution in [0, 0.1) is 0 Å². The summed E-state index contributed by atoms with van der Waals surface area (Å²) in [6.07, 6.45) is -4.82. The summed E-state index contributed by atoms with van der Waals surface area (Å²) in [5, 5.41) is 1.38. The molecule has 1 aromatic heterocycles. The predicted molar refractivity (Wildman–Crippen MR) is 120 cm³/mol. The smallest absolute Gasteiger partial charge is 0.374 e. The normalized spacial score (nSPS) is 17.2. The zero-order valence-electron chi connectivity index (χ0n) is 17.6. The molecule has 1 atom stereocenters. The highest BCUT2D eigenvalue weighted by atomic mass is 35.5. The highest BCUT2D eigenvalue weighted by Crippen LogP contribution is 2.35. The van der Waals surface area contributed by atoms with Crippen molar-refractivity contribution in [1.29, 1.82) is 0 Å². The SMILES string of the molecule is CC(=O)N(C[C@@H]1CN(Cc2ccc(Cl)c(C(F)(F)F)c2)CCO1)Sc1nc(CC(N)=O)cs1. The van der Waals surface area contributed by atoms with Crippen molar-refractivity contribution in [3.05, 3.63) is 45.4 Å². The van der Waals surface area contributed by atoms with E-state index in [4.69, 9.17) is 22.1 Å². The quantitative estimate of drug-likeness (QED) is 0.533. The van der Waals surface area contributed by atoms with Gasteiger partial charge in [-0.15, -0.1) is 11.3 Å². The molecule has 0 unspecified atom stereocenters. The summed E-state index contributed by atoms with van der Waals surface area (Å²) < 4.78 is 47.3. The molecule has 7 nitrogen and oxygen atoms in total. The van der Waals surface area contributed by atoms with Crippen LogP contribution in [-0.4, -0.2) is 58.3 Å². The number of benzene rings is 1. The van der Waals surface area contributed by atoms with Gasteiger partial charge < -0.3 is 10.5 Å². The Balaban J connectivity index is 1.61. The molecule has 13 heteroatoms. The lowest BCUT2D eigenvalue weighted by Gasteiger charge is -2.35. The summed E-state index contributed by atoms with van der Waals surface area (Å²) in [5.41, 5.74) is 5.36. The van der Waals surface area contributed by atoms with Gasteiger partial charge in [-0.05, 0) is 17.7 Å². The number of thiazole rings is 1. The predicted octanol–water partition coefficient (Wildman–Crippen LogP) is 3.60. The number of alkyl halides is 3. The van der Waals surface area contributed by atoms with Crippen LogP contribution >= 0.6 is 34.9 Å². The van der Waals surface area contributed by atoms with Gasteiger partial charge in [0.2, 0.25) is 11.8 Å². The summed E-state index contributed by atoms with van der Waals surface area (Å²) in [5.74, 6) is -0.682. The Kier molecular flexibility index (Phi) is 8.62. The van der Waals surface area contributed by atoms with Gasteiger partial charge in [-0.2, -0.15) is 13.2 Å². The Morgan fingerprint density at radius 2 is 2.18 bits per heavy atom. The lowest BCUT2D eigenvalue weighted by Crippen LogP contribution is -2.46. The largest absolute Gasteiger partial charge is 0.417 e. The molecule has 0 bridgehead atoms. The fraction of sp³-hybridized carbons (Fsp3) is 0.450. The second-order valence-electron chi connectivity index (χ2n) is 7.46. The average molecular weight is 523 g/mol. The molecule has 1 aromatic carbocycles. The highest BCUT2D eigenvalue weighted by molar-refractivity contribution is 7.99. The number of rotatable bonds is 8. The van der Waals surface area contributed by atoms with E-state index in [1.54, 1.807) is 11.4 Å². The van der Waals surface area contributed by atoms with Gasteiger partial charge in [0.05, 0.1) is 42.0 Å². The summed E-state index contributed by atoms with van der Waals surface area (Å²) in [6.45, 7) is 3.39. The summed E-state index contributed by atoms with van der Waals surface area (Å²) in [4.78, 5) is 29.5. The van der Waals surface area contributed by atoms with Gasteiger partial charge >= 0.3 is 6.18 Å². The zero-order chi connectivity index (χ0) is 24.2. The molecule has 0 spiro atoms. The molecule has 1 fully saturated rings. The Bertz CT molecular complexity index is 1010. The standard InChI is InChI=1S/C20H22ClF3N4O3S2/c1-12(29)28(33-19-26-14(11-32-19)7-18(25)30)10-15-9-27(4-5-31-15)8-13-2-3-17(21)16(6-13)20(22,23)24/h2-3,6,11,15H,4-5,7-10H2,1H3,(H2,25,30)/t15-/m0/s1. The minimum absolute atomic E-state index is 0.0264. The molecule has 2 aromatic rings. The van der Waals surface area contributed by atoms with Gasteiger partial charge in [0, 0.05) is 43.9 Å².